The van der Waals surface area contributed by atoms with Gasteiger partial charge in [0.2, 0.25) is 0 Å². The van der Waals surface area contributed by atoms with Gasteiger partial charge in [0.1, 0.15) is 0 Å². The quantitative estimate of drug-likeness (QED) is 0.633. The second-order valence-corrected chi connectivity index (χ2v) is 2.50. The maximum atomic E-state index is 12.8. The molecule has 0 aliphatic carbocycles. The van der Waals surface area contributed by atoms with Crippen molar-refractivity contribution in [2.75, 3.05) is 13.6 Å². The molecule has 0 unspecified atom stereocenters. The fraction of sp³-hybridized carbons (Fsp3) is 0.200. The zero-order valence-corrected chi connectivity index (χ0v) is 7.26. The molecule has 1 aromatic carbocycles. The molecule has 0 spiro atoms. The minimum atomic E-state index is -0.642. The van der Waals surface area contributed by atoms with Crippen LogP contribution in [0.25, 0.3) is 0 Å². The molecule has 0 heterocycles. The molecule has 68 valence electrons. The molecule has 13 heavy (non-hydrogen) atoms. The van der Waals surface area contributed by atoms with Crippen molar-refractivity contribution in [1.29, 1.82) is 0 Å². The molecule has 0 saturated carbocycles. The molecule has 2 N–H and O–H groups in total. The SMILES string of the molecule is CNCC#Cc1ccc(O)c(F)c1. The Labute approximate surface area is 76.4 Å². The normalized spacial score (nSPS) is 9.08. The number of phenolic OH excluding ortho intramolecular Hbond substituents is 1. The summed E-state index contributed by atoms with van der Waals surface area (Å²) in [6.07, 6.45) is 0. The van der Waals surface area contributed by atoms with Gasteiger partial charge in [-0.2, -0.15) is 0 Å². The molecule has 1 rings (SSSR count). The van der Waals surface area contributed by atoms with Crippen LogP contribution in [0.2, 0.25) is 0 Å². The van der Waals surface area contributed by atoms with Crippen LogP contribution in [0.4, 0.5) is 4.39 Å². The van der Waals surface area contributed by atoms with Gasteiger partial charge in [0.05, 0.1) is 6.54 Å². The highest BCUT2D eigenvalue weighted by molar-refractivity contribution is 5.38. The maximum absolute atomic E-state index is 12.8. The molecule has 2 nitrogen and oxygen atoms in total. The topological polar surface area (TPSA) is 32.3 Å². The van der Waals surface area contributed by atoms with E-state index in [4.69, 9.17) is 5.11 Å². The minimum absolute atomic E-state index is 0.348. The van der Waals surface area contributed by atoms with Gasteiger partial charge >= 0.3 is 0 Å². The van der Waals surface area contributed by atoms with Gasteiger partial charge in [0.25, 0.3) is 0 Å². The Morgan fingerprint density at radius 2 is 2.31 bits per heavy atom. The Morgan fingerprint density at radius 1 is 1.54 bits per heavy atom. The second kappa shape index (κ2) is 4.48. The number of nitrogens with one attached hydrogen (secondary N) is 1. The molecule has 0 atom stereocenters. The van der Waals surface area contributed by atoms with E-state index in [1.807, 2.05) is 0 Å². The van der Waals surface area contributed by atoms with Crippen molar-refractivity contribution in [2.24, 2.45) is 0 Å². The molecule has 1 aromatic rings. The van der Waals surface area contributed by atoms with Crippen molar-refractivity contribution < 1.29 is 9.50 Å². The molecule has 0 fully saturated rings. The Bertz CT molecular complexity index is 352. The molecular weight excluding hydrogens is 169 g/mol. The van der Waals surface area contributed by atoms with Crippen molar-refractivity contribution in [2.45, 2.75) is 0 Å². The summed E-state index contributed by atoms with van der Waals surface area (Å²) < 4.78 is 12.8. The lowest BCUT2D eigenvalue weighted by Gasteiger charge is -1.94. The fourth-order valence-corrected chi connectivity index (χ4v) is 0.819. The monoisotopic (exact) mass is 179 g/mol. The number of hydrogen-bond acceptors (Lipinski definition) is 2. The number of hydrogen-bond donors (Lipinski definition) is 2. The van der Waals surface area contributed by atoms with Gasteiger partial charge in [0.15, 0.2) is 11.6 Å². The smallest absolute Gasteiger partial charge is 0.166 e. The summed E-state index contributed by atoms with van der Waals surface area (Å²) in [7, 11) is 1.78. The van der Waals surface area contributed by atoms with E-state index in [0.717, 1.165) is 0 Å². The third kappa shape index (κ3) is 2.77. The van der Waals surface area contributed by atoms with E-state index in [9.17, 15) is 4.39 Å². The number of rotatable bonds is 1. The lowest BCUT2D eigenvalue weighted by molar-refractivity contribution is 0.432. The minimum Gasteiger partial charge on any atom is -0.505 e. The molecule has 0 aromatic heterocycles. The predicted molar refractivity (Wildman–Crippen MR) is 48.9 cm³/mol. The van der Waals surface area contributed by atoms with Crippen molar-refractivity contribution in [1.82, 2.24) is 5.32 Å². The third-order valence-electron chi connectivity index (χ3n) is 1.45. The van der Waals surface area contributed by atoms with Crippen LogP contribution < -0.4 is 5.32 Å². The molecule has 0 bridgehead atoms. The van der Waals surface area contributed by atoms with Crippen LogP contribution in [-0.2, 0) is 0 Å². The first kappa shape index (κ1) is 9.56. The summed E-state index contributed by atoms with van der Waals surface area (Å²) in [4.78, 5) is 0. The van der Waals surface area contributed by atoms with Gasteiger partial charge < -0.3 is 10.4 Å². The van der Waals surface area contributed by atoms with E-state index in [1.165, 1.54) is 12.1 Å². The van der Waals surface area contributed by atoms with E-state index >= 15 is 0 Å². The van der Waals surface area contributed by atoms with E-state index in [1.54, 1.807) is 13.1 Å². The highest BCUT2D eigenvalue weighted by atomic mass is 19.1. The molecule has 0 amide bonds. The summed E-state index contributed by atoms with van der Waals surface area (Å²) in [6, 6.07) is 4.07. The average Bonchev–Trinajstić information content (AvgIpc) is 2.12. The Kier molecular flexibility index (Phi) is 3.30. The standard InChI is InChI=1S/C10H10FNO/c1-12-6-2-3-8-4-5-10(13)9(11)7-8/h4-5,7,12-13H,6H2,1H3. The molecular formula is C10H10FNO. The zero-order chi connectivity index (χ0) is 9.68. The highest BCUT2D eigenvalue weighted by Crippen LogP contribution is 2.15. The summed E-state index contributed by atoms with van der Waals surface area (Å²) >= 11 is 0. The molecule has 0 saturated heterocycles. The van der Waals surface area contributed by atoms with Crippen LogP contribution >= 0.6 is 0 Å². The van der Waals surface area contributed by atoms with E-state index < -0.39 is 5.82 Å². The van der Waals surface area contributed by atoms with Gasteiger partial charge in [-0.1, -0.05) is 11.8 Å². The summed E-state index contributed by atoms with van der Waals surface area (Å²) in [5.41, 5.74) is 0.561. The van der Waals surface area contributed by atoms with Gasteiger partial charge in [0, 0.05) is 5.56 Å². The number of aromatic hydroxyl groups is 1. The van der Waals surface area contributed by atoms with Gasteiger partial charge in [-0.05, 0) is 25.2 Å². The first-order valence-electron chi connectivity index (χ1n) is 3.86. The molecule has 0 radical (unpaired) electrons. The summed E-state index contributed by atoms with van der Waals surface area (Å²) in [5, 5.41) is 11.7. The van der Waals surface area contributed by atoms with Crippen LogP contribution in [0.5, 0.6) is 5.75 Å². The summed E-state index contributed by atoms with van der Waals surface area (Å²) in [6.45, 7) is 0.558. The maximum Gasteiger partial charge on any atom is 0.166 e. The number of benzene rings is 1. The van der Waals surface area contributed by atoms with Gasteiger partial charge in [-0.3, -0.25) is 0 Å². The number of phenols is 1. The van der Waals surface area contributed by atoms with Gasteiger partial charge in [-0.15, -0.1) is 0 Å². The van der Waals surface area contributed by atoms with Crippen molar-refractivity contribution in [3.05, 3.63) is 29.6 Å². The van der Waals surface area contributed by atoms with Crippen LogP contribution in [0.15, 0.2) is 18.2 Å². The zero-order valence-electron chi connectivity index (χ0n) is 7.26. The van der Waals surface area contributed by atoms with E-state index in [0.29, 0.717) is 12.1 Å². The lowest BCUT2D eigenvalue weighted by atomic mass is 10.2. The molecule has 0 aliphatic heterocycles. The van der Waals surface area contributed by atoms with E-state index in [-0.39, 0.29) is 5.75 Å². The fourth-order valence-electron chi connectivity index (χ4n) is 0.819. The highest BCUT2D eigenvalue weighted by Gasteiger charge is 1.98. The largest absolute Gasteiger partial charge is 0.505 e. The van der Waals surface area contributed by atoms with Crippen molar-refractivity contribution >= 4 is 0 Å². The van der Waals surface area contributed by atoms with Crippen molar-refractivity contribution in [3.63, 3.8) is 0 Å². The Hall–Kier alpha value is -1.53. The molecule has 0 aliphatic rings. The summed E-state index contributed by atoms with van der Waals surface area (Å²) in [5.74, 6) is 4.55. The lowest BCUT2D eigenvalue weighted by Crippen LogP contribution is -2.04. The Morgan fingerprint density at radius 3 is 2.92 bits per heavy atom. The second-order valence-electron chi connectivity index (χ2n) is 2.50. The van der Waals surface area contributed by atoms with Gasteiger partial charge in [-0.25, -0.2) is 4.39 Å². The Balaban J connectivity index is 2.81. The first-order valence-corrected chi connectivity index (χ1v) is 3.86. The van der Waals surface area contributed by atoms with Crippen LogP contribution in [0.3, 0.4) is 0 Å². The average molecular weight is 179 g/mol. The first-order chi connectivity index (χ1) is 6.24. The predicted octanol–water partition coefficient (Wildman–Crippen LogP) is 1.10. The molecule has 3 heteroatoms. The van der Waals surface area contributed by atoms with Crippen LogP contribution in [0.1, 0.15) is 5.56 Å². The third-order valence-corrected chi connectivity index (χ3v) is 1.45. The van der Waals surface area contributed by atoms with Crippen molar-refractivity contribution in [3.8, 4) is 17.6 Å². The van der Waals surface area contributed by atoms with Crippen LogP contribution in [0, 0.1) is 17.7 Å². The number of halogens is 1. The van der Waals surface area contributed by atoms with Crippen LogP contribution in [-0.4, -0.2) is 18.7 Å². The van der Waals surface area contributed by atoms with E-state index in [2.05, 4.69) is 17.2 Å².